The highest BCUT2D eigenvalue weighted by molar-refractivity contribution is 6.00. The van der Waals surface area contributed by atoms with Crippen LogP contribution in [0.15, 0.2) is 12.1 Å². The Labute approximate surface area is 87.9 Å². The molecule has 1 aromatic carbocycles. The molecule has 0 saturated heterocycles. The van der Waals surface area contributed by atoms with Crippen LogP contribution in [-0.4, -0.2) is 18.1 Å². The average molecular weight is 207 g/mol. The molecular formula is C11H13NO3. The van der Waals surface area contributed by atoms with Gasteiger partial charge in [0.2, 0.25) is 5.91 Å². The molecule has 1 aliphatic rings. The summed E-state index contributed by atoms with van der Waals surface area (Å²) in [6, 6.07) is 3.56. The zero-order valence-corrected chi connectivity index (χ0v) is 8.70. The average Bonchev–Trinajstić information content (AvgIpc) is 2.55. The van der Waals surface area contributed by atoms with E-state index in [4.69, 9.17) is 4.74 Å². The minimum absolute atomic E-state index is 0.0415. The lowest BCUT2D eigenvalue weighted by molar-refractivity contribution is -0.115. The lowest BCUT2D eigenvalue weighted by Crippen LogP contribution is -2.05. The number of hydrogen-bond acceptors (Lipinski definition) is 3. The molecule has 0 aromatic heterocycles. The topological polar surface area (TPSA) is 58.6 Å². The van der Waals surface area contributed by atoms with E-state index in [9.17, 15) is 9.90 Å². The molecule has 0 bridgehead atoms. The number of anilines is 1. The summed E-state index contributed by atoms with van der Waals surface area (Å²) in [5, 5.41) is 12.3. The van der Waals surface area contributed by atoms with E-state index in [-0.39, 0.29) is 5.91 Å². The number of amides is 1. The molecule has 1 unspecified atom stereocenters. The summed E-state index contributed by atoms with van der Waals surface area (Å²) in [6.07, 6.45) is -0.265. The van der Waals surface area contributed by atoms with E-state index in [0.29, 0.717) is 17.7 Å². The first kappa shape index (κ1) is 9.98. The van der Waals surface area contributed by atoms with Crippen molar-refractivity contribution in [2.45, 2.75) is 19.4 Å². The second-order valence-electron chi connectivity index (χ2n) is 3.65. The van der Waals surface area contributed by atoms with Crippen molar-refractivity contribution in [3.8, 4) is 5.75 Å². The van der Waals surface area contributed by atoms with Gasteiger partial charge in [0, 0.05) is 5.56 Å². The van der Waals surface area contributed by atoms with Crippen LogP contribution in [0.25, 0.3) is 0 Å². The summed E-state index contributed by atoms with van der Waals surface area (Å²) in [5.74, 6) is 0.626. The summed E-state index contributed by atoms with van der Waals surface area (Å²) in [6.45, 7) is 1.67. The number of benzene rings is 1. The third kappa shape index (κ3) is 1.68. The van der Waals surface area contributed by atoms with E-state index >= 15 is 0 Å². The van der Waals surface area contributed by atoms with Crippen molar-refractivity contribution in [3.05, 3.63) is 23.3 Å². The van der Waals surface area contributed by atoms with Gasteiger partial charge in [-0.2, -0.15) is 0 Å². The van der Waals surface area contributed by atoms with Gasteiger partial charge in [0.15, 0.2) is 0 Å². The van der Waals surface area contributed by atoms with Crippen molar-refractivity contribution in [2.75, 3.05) is 12.4 Å². The fourth-order valence-corrected chi connectivity index (χ4v) is 1.79. The quantitative estimate of drug-likeness (QED) is 0.767. The van der Waals surface area contributed by atoms with Gasteiger partial charge in [-0.15, -0.1) is 0 Å². The maximum Gasteiger partial charge on any atom is 0.228 e. The Balaban J connectivity index is 2.54. The Bertz CT molecular complexity index is 413. The van der Waals surface area contributed by atoms with Crippen LogP contribution in [0, 0.1) is 0 Å². The van der Waals surface area contributed by atoms with Gasteiger partial charge in [0.25, 0.3) is 0 Å². The second-order valence-corrected chi connectivity index (χ2v) is 3.65. The van der Waals surface area contributed by atoms with Crippen molar-refractivity contribution >= 4 is 11.6 Å². The first-order chi connectivity index (χ1) is 7.11. The molecule has 2 rings (SSSR count). The van der Waals surface area contributed by atoms with E-state index in [0.717, 1.165) is 11.3 Å². The molecule has 2 N–H and O–H groups in total. The third-order valence-electron chi connectivity index (χ3n) is 2.53. The van der Waals surface area contributed by atoms with Gasteiger partial charge in [-0.05, 0) is 24.6 Å². The molecular weight excluding hydrogens is 194 g/mol. The first-order valence-corrected chi connectivity index (χ1v) is 4.80. The molecule has 0 saturated carbocycles. The summed E-state index contributed by atoms with van der Waals surface area (Å²) < 4.78 is 5.12. The summed E-state index contributed by atoms with van der Waals surface area (Å²) in [5.41, 5.74) is 2.32. The fourth-order valence-electron chi connectivity index (χ4n) is 1.79. The summed E-state index contributed by atoms with van der Waals surface area (Å²) in [4.78, 5) is 11.2. The zero-order valence-electron chi connectivity index (χ0n) is 8.70. The maximum atomic E-state index is 11.2. The van der Waals surface area contributed by atoms with E-state index in [2.05, 4.69) is 5.32 Å². The molecule has 1 atom stereocenters. The predicted octanol–water partition coefficient (Wildman–Crippen LogP) is 1.24. The van der Waals surface area contributed by atoms with Gasteiger partial charge in [-0.25, -0.2) is 0 Å². The largest absolute Gasteiger partial charge is 0.497 e. The number of hydrogen-bond donors (Lipinski definition) is 2. The Morgan fingerprint density at radius 2 is 2.27 bits per heavy atom. The SMILES string of the molecule is COc1cc2c(c(C(C)O)c1)NC(=O)C2. The van der Waals surface area contributed by atoms with E-state index in [1.165, 1.54) is 0 Å². The maximum absolute atomic E-state index is 11.2. The Morgan fingerprint density at radius 1 is 1.53 bits per heavy atom. The van der Waals surface area contributed by atoms with Crippen LogP contribution in [0.4, 0.5) is 5.69 Å². The highest BCUT2D eigenvalue weighted by Crippen LogP contribution is 2.35. The van der Waals surface area contributed by atoms with Gasteiger partial charge in [-0.3, -0.25) is 4.79 Å². The highest BCUT2D eigenvalue weighted by atomic mass is 16.5. The molecule has 0 fully saturated rings. The van der Waals surface area contributed by atoms with Crippen LogP contribution in [-0.2, 0) is 11.2 Å². The Kier molecular flexibility index (Phi) is 2.36. The molecule has 0 spiro atoms. The smallest absolute Gasteiger partial charge is 0.228 e. The molecule has 4 nitrogen and oxygen atoms in total. The molecule has 15 heavy (non-hydrogen) atoms. The summed E-state index contributed by atoms with van der Waals surface area (Å²) in [7, 11) is 1.57. The number of fused-ring (bicyclic) bond motifs is 1. The minimum Gasteiger partial charge on any atom is -0.497 e. The van der Waals surface area contributed by atoms with Gasteiger partial charge in [-0.1, -0.05) is 0 Å². The molecule has 4 heteroatoms. The Morgan fingerprint density at radius 3 is 2.87 bits per heavy atom. The van der Waals surface area contributed by atoms with Crippen LogP contribution >= 0.6 is 0 Å². The van der Waals surface area contributed by atoms with Crippen molar-refractivity contribution in [3.63, 3.8) is 0 Å². The Hall–Kier alpha value is -1.55. The molecule has 0 aliphatic carbocycles. The lowest BCUT2D eigenvalue weighted by Gasteiger charge is -2.12. The summed E-state index contributed by atoms with van der Waals surface area (Å²) >= 11 is 0. The number of aliphatic hydroxyl groups excluding tert-OH is 1. The van der Waals surface area contributed by atoms with Gasteiger partial charge in [0.05, 0.1) is 25.3 Å². The van der Waals surface area contributed by atoms with Crippen LogP contribution < -0.4 is 10.1 Å². The standard InChI is InChI=1S/C11H13NO3/c1-6(13)9-5-8(15-2)3-7-4-10(14)12-11(7)9/h3,5-6,13H,4H2,1-2H3,(H,12,14). The van der Waals surface area contributed by atoms with Crippen molar-refractivity contribution in [1.29, 1.82) is 0 Å². The van der Waals surface area contributed by atoms with E-state index < -0.39 is 6.10 Å². The molecule has 1 heterocycles. The predicted molar refractivity (Wildman–Crippen MR) is 56.0 cm³/mol. The monoisotopic (exact) mass is 207 g/mol. The van der Waals surface area contributed by atoms with Crippen LogP contribution in [0.2, 0.25) is 0 Å². The lowest BCUT2D eigenvalue weighted by atomic mass is 10.0. The number of ether oxygens (including phenoxy) is 1. The van der Waals surface area contributed by atoms with E-state index in [1.54, 1.807) is 20.1 Å². The normalized spacial score (nSPS) is 15.8. The number of rotatable bonds is 2. The molecule has 80 valence electrons. The number of carbonyl (C=O) groups excluding carboxylic acids is 1. The van der Waals surface area contributed by atoms with Crippen molar-refractivity contribution < 1.29 is 14.6 Å². The van der Waals surface area contributed by atoms with Gasteiger partial charge < -0.3 is 15.2 Å². The molecule has 1 aliphatic heterocycles. The highest BCUT2D eigenvalue weighted by Gasteiger charge is 2.23. The fraction of sp³-hybridized carbons (Fsp3) is 0.364. The second kappa shape index (κ2) is 3.55. The minimum atomic E-state index is -0.618. The number of methoxy groups -OCH3 is 1. The van der Waals surface area contributed by atoms with Crippen LogP contribution in [0.3, 0.4) is 0 Å². The van der Waals surface area contributed by atoms with Crippen LogP contribution in [0.5, 0.6) is 5.75 Å². The number of carbonyl (C=O) groups is 1. The first-order valence-electron chi connectivity index (χ1n) is 4.80. The zero-order chi connectivity index (χ0) is 11.0. The number of nitrogens with one attached hydrogen (secondary N) is 1. The third-order valence-corrected chi connectivity index (χ3v) is 2.53. The molecule has 0 radical (unpaired) electrons. The molecule has 1 aromatic rings. The van der Waals surface area contributed by atoms with E-state index in [1.807, 2.05) is 6.07 Å². The molecule has 1 amide bonds. The van der Waals surface area contributed by atoms with Crippen molar-refractivity contribution in [1.82, 2.24) is 0 Å². The van der Waals surface area contributed by atoms with Crippen molar-refractivity contribution in [2.24, 2.45) is 0 Å². The number of aliphatic hydroxyl groups is 1. The van der Waals surface area contributed by atoms with Crippen LogP contribution in [0.1, 0.15) is 24.2 Å². The van der Waals surface area contributed by atoms with Gasteiger partial charge in [0.1, 0.15) is 5.75 Å². The van der Waals surface area contributed by atoms with Gasteiger partial charge >= 0.3 is 0 Å².